The lowest BCUT2D eigenvalue weighted by molar-refractivity contribution is 0.0696. The molecule has 1 aromatic heterocycles. The van der Waals surface area contributed by atoms with Crippen LogP contribution in [-0.2, 0) is 5.75 Å². The van der Waals surface area contributed by atoms with Crippen LogP contribution >= 0.6 is 39.0 Å². The molecule has 2 rings (SSSR count). The van der Waals surface area contributed by atoms with Crippen LogP contribution in [0.5, 0.6) is 0 Å². The smallest absolute Gasteiger partial charge is 0.336 e. The Morgan fingerprint density at radius 2 is 2.24 bits per heavy atom. The van der Waals surface area contributed by atoms with Crippen molar-refractivity contribution < 1.29 is 9.90 Å². The predicted octanol–water partition coefficient (Wildman–Crippen LogP) is 4.50. The molecule has 88 valence electrons. The van der Waals surface area contributed by atoms with Crippen molar-refractivity contribution in [2.75, 3.05) is 0 Å². The number of halogens is 1. The molecule has 0 amide bonds. The summed E-state index contributed by atoms with van der Waals surface area (Å²) in [5.74, 6) is -0.205. The Balaban J connectivity index is 2.17. The molecule has 0 aliphatic rings. The van der Waals surface area contributed by atoms with Gasteiger partial charge in [-0.15, -0.1) is 23.1 Å². The molecule has 0 fully saturated rings. The number of hydrogen-bond acceptors (Lipinski definition) is 3. The van der Waals surface area contributed by atoms with Crippen molar-refractivity contribution in [2.24, 2.45) is 0 Å². The second-order valence-corrected chi connectivity index (χ2v) is 6.47. The van der Waals surface area contributed by atoms with Crippen LogP contribution < -0.4 is 0 Å². The van der Waals surface area contributed by atoms with E-state index >= 15 is 0 Å². The third kappa shape index (κ3) is 3.34. The van der Waals surface area contributed by atoms with Gasteiger partial charge in [0, 0.05) is 10.2 Å². The highest BCUT2D eigenvalue weighted by molar-refractivity contribution is 9.10. The van der Waals surface area contributed by atoms with Crippen LogP contribution in [0.25, 0.3) is 0 Å². The maximum absolute atomic E-state index is 11.1. The number of thiophene rings is 1. The van der Waals surface area contributed by atoms with Gasteiger partial charge in [-0.2, -0.15) is 0 Å². The molecule has 17 heavy (non-hydrogen) atoms. The van der Waals surface area contributed by atoms with Gasteiger partial charge >= 0.3 is 5.97 Å². The van der Waals surface area contributed by atoms with Crippen LogP contribution in [0, 0.1) is 0 Å². The Hall–Kier alpha value is -0.780. The molecular formula is C12H9BrO2S2. The van der Waals surface area contributed by atoms with Crippen molar-refractivity contribution in [1.29, 1.82) is 0 Å². The summed E-state index contributed by atoms with van der Waals surface area (Å²) in [5, 5.41) is 11.1. The molecule has 0 aliphatic carbocycles. The van der Waals surface area contributed by atoms with Crippen molar-refractivity contribution in [2.45, 2.75) is 9.96 Å². The maximum atomic E-state index is 11.1. The van der Waals surface area contributed by atoms with Gasteiger partial charge in [-0.25, -0.2) is 4.79 Å². The number of rotatable bonds is 4. The summed E-state index contributed by atoms with van der Waals surface area (Å²) in [6.07, 6.45) is 0. The average Bonchev–Trinajstić information content (AvgIpc) is 2.80. The SMILES string of the molecule is O=C(O)c1cc(Br)ccc1CSc1cccs1. The topological polar surface area (TPSA) is 37.3 Å². The standard InChI is InChI=1S/C12H9BrO2S2/c13-9-4-3-8(10(6-9)12(14)15)7-17-11-2-1-5-16-11/h1-6H,7H2,(H,14,15). The van der Waals surface area contributed by atoms with Gasteiger partial charge in [0.1, 0.15) is 0 Å². The summed E-state index contributed by atoms with van der Waals surface area (Å²) in [7, 11) is 0. The predicted molar refractivity (Wildman–Crippen MR) is 75.0 cm³/mol. The number of thioether (sulfide) groups is 1. The molecule has 0 spiro atoms. The third-order valence-electron chi connectivity index (χ3n) is 2.17. The zero-order valence-corrected chi connectivity index (χ0v) is 11.9. The molecule has 1 N–H and O–H groups in total. The van der Waals surface area contributed by atoms with E-state index < -0.39 is 5.97 Å². The zero-order valence-electron chi connectivity index (χ0n) is 8.72. The van der Waals surface area contributed by atoms with E-state index in [0.29, 0.717) is 11.3 Å². The van der Waals surface area contributed by atoms with Gasteiger partial charge in [-0.05, 0) is 29.1 Å². The monoisotopic (exact) mass is 328 g/mol. The third-order valence-corrected chi connectivity index (χ3v) is 4.84. The molecule has 1 heterocycles. The first-order valence-electron chi connectivity index (χ1n) is 4.85. The van der Waals surface area contributed by atoms with Crippen LogP contribution in [-0.4, -0.2) is 11.1 Å². The van der Waals surface area contributed by atoms with E-state index in [1.54, 1.807) is 29.2 Å². The molecule has 0 radical (unpaired) electrons. The second-order valence-electron chi connectivity index (χ2n) is 3.33. The summed E-state index contributed by atoms with van der Waals surface area (Å²) in [5.41, 5.74) is 1.21. The van der Waals surface area contributed by atoms with Gasteiger partial charge in [0.25, 0.3) is 0 Å². The van der Waals surface area contributed by atoms with Gasteiger partial charge in [-0.1, -0.05) is 28.1 Å². The summed E-state index contributed by atoms with van der Waals surface area (Å²) >= 11 is 6.61. The van der Waals surface area contributed by atoms with Gasteiger partial charge in [0.05, 0.1) is 9.77 Å². The van der Waals surface area contributed by atoms with Crippen LogP contribution in [0.3, 0.4) is 0 Å². The zero-order chi connectivity index (χ0) is 12.3. The average molecular weight is 329 g/mol. The molecule has 0 bridgehead atoms. The first kappa shape index (κ1) is 12.7. The highest BCUT2D eigenvalue weighted by Crippen LogP contribution is 2.29. The van der Waals surface area contributed by atoms with Crippen molar-refractivity contribution in [3.63, 3.8) is 0 Å². The van der Waals surface area contributed by atoms with Gasteiger partial charge in [0.15, 0.2) is 0 Å². The number of carboxylic acids is 1. The molecule has 0 unspecified atom stereocenters. The fraction of sp³-hybridized carbons (Fsp3) is 0.0833. The summed E-state index contributed by atoms with van der Waals surface area (Å²) in [4.78, 5) is 11.1. The highest BCUT2D eigenvalue weighted by Gasteiger charge is 2.10. The Labute approximate surface area is 116 Å². The first-order chi connectivity index (χ1) is 8.16. The fourth-order valence-corrected chi connectivity index (χ4v) is 3.52. The second kappa shape index (κ2) is 5.71. The Bertz CT molecular complexity index is 523. The molecule has 2 nitrogen and oxygen atoms in total. The van der Waals surface area contributed by atoms with E-state index in [1.807, 2.05) is 29.6 Å². The lowest BCUT2D eigenvalue weighted by Crippen LogP contribution is -2.01. The van der Waals surface area contributed by atoms with E-state index in [4.69, 9.17) is 5.11 Å². The molecule has 1 aromatic carbocycles. The largest absolute Gasteiger partial charge is 0.478 e. The van der Waals surface area contributed by atoms with Crippen LogP contribution in [0.1, 0.15) is 15.9 Å². The van der Waals surface area contributed by atoms with Crippen molar-refractivity contribution >= 4 is 45.0 Å². The minimum absolute atomic E-state index is 0.364. The maximum Gasteiger partial charge on any atom is 0.336 e. The Morgan fingerprint density at radius 1 is 1.41 bits per heavy atom. The number of carbonyl (C=O) groups is 1. The summed E-state index contributed by atoms with van der Waals surface area (Å²) < 4.78 is 1.99. The van der Waals surface area contributed by atoms with Crippen LogP contribution in [0.2, 0.25) is 0 Å². The Morgan fingerprint density at radius 3 is 2.88 bits per heavy atom. The lowest BCUT2D eigenvalue weighted by atomic mass is 10.1. The van der Waals surface area contributed by atoms with E-state index in [-0.39, 0.29) is 0 Å². The number of carboxylic acid groups (broad SMARTS) is 1. The number of benzene rings is 1. The summed E-state index contributed by atoms with van der Waals surface area (Å²) in [6, 6.07) is 9.40. The first-order valence-corrected chi connectivity index (χ1v) is 7.50. The van der Waals surface area contributed by atoms with E-state index in [0.717, 1.165) is 10.0 Å². The van der Waals surface area contributed by atoms with E-state index in [2.05, 4.69) is 15.9 Å². The molecule has 0 saturated heterocycles. The fourth-order valence-electron chi connectivity index (χ4n) is 1.37. The van der Waals surface area contributed by atoms with E-state index in [9.17, 15) is 4.79 Å². The van der Waals surface area contributed by atoms with Crippen LogP contribution in [0.4, 0.5) is 0 Å². The quantitative estimate of drug-likeness (QED) is 0.839. The van der Waals surface area contributed by atoms with Crippen molar-refractivity contribution in [3.05, 3.63) is 51.3 Å². The molecular weight excluding hydrogens is 320 g/mol. The minimum Gasteiger partial charge on any atom is -0.478 e. The number of aromatic carboxylic acids is 1. The van der Waals surface area contributed by atoms with Gasteiger partial charge in [-0.3, -0.25) is 0 Å². The lowest BCUT2D eigenvalue weighted by Gasteiger charge is -2.05. The normalized spacial score (nSPS) is 10.4. The molecule has 0 aliphatic heterocycles. The molecule has 5 heteroatoms. The number of hydrogen-bond donors (Lipinski definition) is 1. The minimum atomic E-state index is -0.881. The summed E-state index contributed by atoms with van der Waals surface area (Å²) in [6.45, 7) is 0. The van der Waals surface area contributed by atoms with Gasteiger partial charge in [0.2, 0.25) is 0 Å². The molecule has 0 saturated carbocycles. The van der Waals surface area contributed by atoms with E-state index in [1.165, 1.54) is 4.21 Å². The van der Waals surface area contributed by atoms with Crippen molar-refractivity contribution in [3.8, 4) is 0 Å². The van der Waals surface area contributed by atoms with Gasteiger partial charge < -0.3 is 5.11 Å². The van der Waals surface area contributed by atoms with Crippen molar-refractivity contribution in [1.82, 2.24) is 0 Å². The highest BCUT2D eigenvalue weighted by atomic mass is 79.9. The van der Waals surface area contributed by atoms with Crippen LogP contribution in [0.15, 0.2) is 44.4 Å². The Kier molecular flexibility index (Phi) is 4.25. The molecule has 2 aromatic rings. The molecule has 0 atom stereocenters.